The highest BCUT2D eigenvalue weighted by Gasteiger charge is 2.25. The molecule has 0 aromatic carbocycles. The van der Waals surface area contributed by atoms with Crippen LogP contribution in [0.15, 0.2) is 28.1 Å². The molecule has 0 aliphatic carbocycles. The highest BCUT2D eigenvalue weighted by molar-refractivity contribution is 9.10. The quantitative estimate of drug-likeness (QED) is 0.831. The zero-order valence-corrected chi connectivity index (χ0v) is 13.2. The Morgan fingerprint density at radius 1 is 1.55 bits per heavy atom. The van der Waals surface area contributed by atoms with Crippen LogP contribution in [0, 0.1) is 0 Å². The van der Waals surface area contributed by atoms with Gasteiger partial charge < -0.3 is 10.6 Å². The number of allylic oxidation sites excluding steroid dienone is 1. The van der Waals surface area contributed by atoms with Crippen molar-refractivity contribution < 1.29 is 0 Å². The Morgan fingerprint density at radius 3 is 3.05 bits per heavy atom. The number of piperidine rings is 1. The van der Waals surface area contributed by atoms with E-state index in [9.17, 15) is 4.79 Å². The third-order valence-corrected chi connectivity index (χ3v) is 4.45. The first-order valence-electron chi connectivity index (χ1n) is 7.02. The van der Waals surface area contributed by atoms with Crippen molar-refractivity contribution in [2.24, 2.45) is 5.73 Å². The van der Waals surface area contributed by atoms with Gasteiger partial charge >= 0.3 is 0 Å². The van der Waals surface area contributed by atoms with Crippen LogP contribution in [0.3, 0.4) is 0 Å². The van der Waals surface area contributed by atoms with E-state index < -0.39 is 0 Å². The molecule has 110 valence electrons. The predicted octanol–water partition coefficient (Wildman–Crippen LogP) is 1.90. The lowest BCUT2D eigenvalue weighted by Gasteiger charge is -2.37. The fourth-order valence-electron chi connectivity index (χ4n) is 2.72. The van der Waals surface area contributed by atoms with Crippen LogP contribution in [0.1, 0.15) is 25.7 Å². The zero-order valence-electron chi connectivity index (χ0n) is 11.6. The van der Waals surface area contributed by atoms with E-state index in [2.05, 4.69) is 32.5 Å². The number of hydrogen-bond donors (Lipinski definition) is 1. The van der Waals surface area contributed by atoms with E-state index in [-0.39, 0.29) is 5.56 Å². The molecule has 1 atom stereocenters. The van der Waals surface area contributed by atoms with Crippen LogP contribution >= 0.6 is 15.9 Å². The summed E-state index contributed by atoms with van der Waals surface area (Å²) in [7, 11) is 0. The van der Waals surface area contributed by atoms with E-state index in [1.807, 2.05) is 0 Å². The standard InChI is InChI=1S/C14H21BrN4O/c1-2-8-19-14(20)13(15)12(10-17-19)18-9-4-3-5-11(18)6-7-16/h2,10-11H,1,3-9,16H2. The average Bonchev–Trinajstić information content (AvgIpc) is 2.46. The Labute approximate surface area is 127 Å². The first kappa shape index (κ1) is 15.3. The number of hydrogen-bond acceptors (Lipinski definition) is 4. The van der Waals surface area contributed by atoms with Gasteiger partial charge in [0.25, 0.3) is 5.56 Å². The maximum Gasteiger partial charge on any atom is 0.283 e. The van der Waals surface area contributed by atoms with E-state index in [4.69, 9.17) is 5.73 Å². The molecule has 2 N–H and O–H groups in total. The summed E-state index contributed by atoms with van der Waals surface area (Å²) in [5, 5.41) is 4.23. The topological polar surface area (TPSA) is 64.2 Å². The minimum atomic E-state index is -0.112. The maximum absolute atomic E-state index is 12.2. The second-order valence-electron chi connectivity index (χ2n) is 5.04. The number of anilines is 1. The van der Waals surface area contributed by atoms with Crippen molar-refractivity contribution in [3.8, 4) is 0 Å². The monoisotopic (exact) mass is 340 g/mol. The van der Waals surface area contributed by atoms with E-state index in [1.165, 1.54) is 11.1 Å². The SMILES string of the molecule is C=CCn1ncc(N2CCCCC2CCN)c(Br)c1=O. The Hall–Kier alpha value is -1.14. The first-order chi connectivity index (χ1) is 9.69. The largest absolute Gasteiger partial charge is 0.366 e. The van der Waals surface area contributed by atoms with Crippen LogP contribution < -0.4 is 16.2 Å². The van der Waals surface area contributed by atoms with Gasteiger partial charge in [0.15, 0.2) is 0 Å². The van der Waals surface area contributed by atoms with Crippen LogP contribution in [-0.2, 0) is 6.54 Å². The van der Waals surface area contributed by atoms with Crippen LogP contribution in [0.4, 0.5) is 5.69 Å². The minimum Gasteiger partial charge on any atom is -0.366 e. The van der Waals surface area contributed by atoms with Crippen molar-refractivity contribution in [3.63, 3.8) is 0 Å². The maximum atomic E-state index is 12.2. The molecule has 0 saturated carbocycles. The van der Waals surface area contributed by atoms with Gasteiger partial charge in [-0.1, -0.05) is 6.08 Å². The van der Waals surface area contributed by atoms with Gasteiger partial charge in [-0.15, -0.1) is 6.58 Å². The third-order valence-electron chi connectivity index (χ3n) is 3.70. The molecule has 1 fully saturated rings. The molecule has 0 bridgehead atoms. The molecule has 20 heavy (non-hydrogen) atoms. The molecule has 6 heteroatoms. The molecule has 1 unspecified atom stereocenters. The first-order valence-corrected chi connectivity index (χ1v) is 7.81. The number of aromatic nitrogens is 2. The van der Waals surface area contributed by atoms with Gasteiger partial charge in [-0.25, -0.2) is 4.68 Å². The van der Waals surface area contributed by atoms with Crippen molar-refractivity contribution in [2.45, 2.75) is 38.3 Å². The van der Waals surface area contributed by atoms with E-state index in [0.717, 1.165) is 31.5 Å². The molecule has 1 aliphatic rings. The van der Waals surface area contributed by atoms with Crippen molar-refractivity contribution in [3.05, 3.63) is 33.7 Å². The van der Waals surface area contributed by atoms with Crippen LogP contribution in [-0.4, -0.2) is 28.9 Å². The van der Waals surface area contributed by atoms with Gasteiger partial charge in [0.1, 0.15) is 4.47 Å². The van der Waals surface area contributed by atoms with Gasteiger partial charge in [-0.2, -0.15) is 5.10 Å². The Balaban J connectivity index is 2.33. The number of rotatable bonds is 5. The lowest BCUT2D eigenvalue weighted by Crippen LogP contribution is -2.42. The summed E-state index contributed by atoms with van der Waals surface area (Å²) in [6.45, 7) is 5.68. The minimum absolute atomic E-state index is 0.112. The summed E-state index contributed by atoms with van der Waals surface area (Å²) in [6, 6.07) is 0.404. The molecule has 0 amide bonds. The highest BCUT2D eigenvalue weighted by atomic mass is 79.9. The lowest BCUT2D eigenvalue weighted by molar-refractivity contribution is 0.439. The number of nitrogens with zero attached hydrogens (tertiary/aromatic N) is 3. The Bertz CT molecular complexity index is 526. The normalized spacial score (nSPS) is 19.1. The average molecular weight is 341 g/mol. The predicted molar refractivity (Wildman–Crippen MR) is 85.1 cm³/mol. The Kier molecular flexibility index (Phi) is 5.37. The summed E-state index contributed by atoms with van der Waals surface area (Å²) in [4.78, 5) is 14.5. The van der Waals surface area contributed by atoms with E-state index in [1.54, 1.807) is 12.3 Å². The second-order valence-corrected chi connectivity index (χ2v) is 5.83. The third kappa shape index (κ3) is 3.12. The molecule has 0 spiro atoms. The molecular weight excluding hydrogens is 320 g/mol. The van der Waals surface area contributed by atoms with Crippen LogP contribution in [0.5, 0.6) is 0 Å². The molecule has 1 aromatic rings. The van der Waals surface area contributed by atoms with Crippen LogP contribution in [0.25, 0.3) is 0 Å². The molecule has 0 radical (unpaired) electrons. The molecule has 2 rings (SSSR count). The summed E-state index contributed by atoms with van der Waals surface area (Å²) in [5.74, 6) is 0. The molecule has 1 aliphatic heterocycles. The van der Waals surface area contributed by atoms with Crippen molar-refractivity contribution in [1.82, 2.24) is 9.78 Å². The second kappa shape index (κ2) is 7.04. The van der Waals surface area contributed by atoms with Gasteiger partial charge in [0.05, 0.1) is 18.4 Å². The zero-order chi connectivity index (χ0) is 14.5. The molecule has 1 aromatic heterocycles. The smallest absolute Gasteiger partial charge is 0.283 e. The van der Waals surface area contributed by atoms with Crippen molar-refractivity contribution >= 4 is 21.6 Å². The summed E-state index contributed by atoms with van der Waals surface area (Å²) in [6.07, 6.45) is 7.87. The van der Waals surface area contributed by atoms with Crippen LogP contribution in [0.2, 0.25) is 0 Å². The molecule has 1 saturated heterocycles. The fraction of sp³-hybridized carbons (Fsp3) is 0.571. The van der Waals surface area contributed by atoms with Gasteiger partial charge in [0, 0.05) is 12.6 Å². The van der Waals surface area contributed by atoms with Gasteiger partial charge in [-0.05, 0) is 48.2 Å². The number of halogens is 1. The van der Waals surface area contributed by atoms with E-state index in [0.29, 0.717) is 23.6 Å². The summed E-state index contributed by atoms with van der Waals surface area (Å²) in [5.41, 5.74) is 6.47. The summed E-state index contributed by atoms with van der Waals surface area (Å²) < 4.78 is 1.99. The molecular formula is C14H21BrN4O. The van der Waals surface area contributed by atoms with E-state index >= 15 is 0 Å². The fourth-order valence-corrected chi connectivity index (χ4v) is 3.25. The molecule has 2 heterocycles. The number of nitrogens with two attached hydrogens (primary N) is 1. The summed E-state index contributed by atoms with van der Waals surface area (Å²) >= 11 is 3.43. The molecule has 5 nitrogen and oxygen atoms in total. The van der Waals surface area contributed by atoms with Crippen molar-refractivity contribution in [2.75, 3.05) is 18.0 Å². The highest BCUT2D eigenvalue weighted by Crippen LogP contribution is 2.29. The lowest BCUT2D eigenvalue weighted by atomic mass is 9.99. The van der Waals surface area contributed by atoms with Gasteiger partial charge in [-0.3, -0.25) is 4.79 Å². The van der Waals surface area contributed by atoms with Crippen molar-refractivity contribution in [1.29, 1.82) is 0 Å². The van der Waals surface area contributed by atoms with Gasteiger partial charge in [0.2, 0.25) is 0 Å². The Morgan fingerprint density at radius 2 is 2.35 bits per heavy atom.